The van der Waals surface area contributed by atoms with E-state index < -0.39 is 17.9 Å². The molecule has 26 heavy (non-hydrogen) atoms. The van der Waals surface area contributed by atoms with Gasteiger partial charge in [0.25, 0.3) is 0 Å². The second-order valence-corrected chi connectivity index (χ2v) is 7.50. The molecule has 1 saturated heterocycles. The molecule has 3 atom stereocenters. The Balaban J connectivity index is 2.16. The highest BCUT2D eigenvalue weighted by molar-refractivity contribution is 5.89. The van der Waals surface area contributed by atoms with Crippen molar-refractivity contribution >= 4 is 17.8 Å². The molecule has 1 aromatic carbocycles. The second kappa shape index (κ2) is 8.83. The van der Waals surface area contributed by atoms with Crippen LogP contribution in [0, 0.1) is 17.8 Å². The van der Waals surface area contributed by atoms with Gasteiger partial charge in [-0.3, -0.25) is 14.4 Å². The number of benzene rings is 1. The van der Waals surface area contributed by atoms with E-state index in [0.29, 0.717) is 25.9 Å². The molecule has 1 heterocycles. The molecule has 2 amide bonds. The van der Waals surface area contributed by atoms with Crippen LogP contribution in [0.3, 0.4) is 0 Å². The molecule has 2 N–H and O–H groups in total. The molecule has 6 heteroatoms. The number of rotatable bonds is 6. The summed E-state index contributed by atoms with van der Waals surface area (Å²) in [5.74, 6) is -1.49. The lowest BCUT2D eigenvalue weighted by Gasteiger charge is -2.37. The average molecular weight is 360 g/mol. The largest absolute Gasteiger partial charge is 0.481 e. The van der Waals surface area contributed by atoms with Crippen molar-refractivity contribution in [1.29, 1.82) is 0 Å². The molecule has 0 bridgehead atoms. The number of likely N-dealkylation sites (tertiary alicyclic amines) is 1. The first kappa shape index (κ1) is 19.9. The SMILES string of the molecule is CC(C)CC(=O)NC(C(=O)N1CCC(C(=O)O)C(C)C1)c1ccccc1. The summed E-state index contributed by atoms with van der Waals surface area (Å²) in [4.78, 5) is 38.3. The van der Waals surface area contributed by atoms with Crippen molar-refractivity contribution in [3.63, 3.8) is 0 Å². The summed E-state index contributed by atoms with van der Waals surface area (Å²) < 4.78 is 0. The maximum atomic E-state index is 13.1. The topological polar surface area (TPSA) is 86.7 Å². The van der Waals surface area contributed by atoms with E-state index in [0.717, 1.165) is 5.56 Å². The Morgan fingerprint density at radius 3 is 2.42 bits per heavy atom. The first-order valence-electron chi connectivity index (χ1n) is 9.15. The van der Waals surface area contributed by atoms with Gasteiger partial charge in [-0.2, -0.15) is 0 Å². The quantitative estimate of drug-likeness (QED) is 0.816. The maximum Gasteiger partial charge on any atom is 0.306 e. The van der Waals surface area contributed by atoms with Crippen LogP contribution in [-0.4, -0.2) is 40.9 Å². The Morgan fingerprint density at radius 1 is 1.23 bits per heavy atom. The van der Waals surface area contributed by atoms with Crippen LogP contribution in [0.15, 0.2) is 30.3 Å². The van der Waals surface area contributed by atoms with Gasteiger partial charge in [-0.05, 0) is 23.8 Å². The fraction of sp³-hybridized carbons (Fsp3) is 0.550. The number of piperidine rings is 1. The van der Waals surface area contributed by atoms with Crippen molar-refractivity contribution in [3.8, 4) is 0 Å². The molecular weight excluding hydrogens is 332 g/mol. The number of nitrogens with one attached hydrogen (secondary N) is 1. The number of amides is 2. The molecule has 0 spiro atoms. The molecule has 1 aliphatic heterocycles. The predicted molar refractivity (Wildman–Crippen MR) is 98.3 cm³/mol. The first-order valence-corrected chi connectivity index (χ1v) is 9.15. The van der Waals surface area contributed by atoms with Gasteiger partial charge in [0.05, 0.1) is 5.92 Å². The molecule has 1 aliphatic rings. The summed E-state index contributed by atoms with van der Waals surface area (Å²) >= 11 is 0. The first-order chi connectivity index (χ1) is 12.3. The summed E-state index contributed by atoms with van der Waals surface area (Å²) in [6.07, 6.45) is 0.789. The van der Waals surface area contributed by atoms with Crippen LogP contribution in [0.25, 0.3) is 0 Å². The average Bonchev–Trinajstić information content (AvgIpc) is 2.58. The zero-order chi connectivity index (χ0) is 19.3. The summed E-state index contributed by atoms with van der Waals surface area (Å²) in [5.41, 5.74) is 0.739. The van der Waals surface area contributed by atoms with E-state index in [9.17, 15) is 19.5 Å². The number of carbonyl (C=O) groups excluding carboxylic acids is 2. The highest BCUT2D eigenvalue weighted by Gasteiger charge is 2.36. The van der Waals surface area contributed by atoms with E-state index in [1.165, 1.54) is 0 Å². The number of aliphatic carboxylic acids is 1. The number of carbonyl (C=O) groups is 3. The Kier molecular flexibility index (Phi) is 6.77. The number of hydrogen-bond acceptors (Lipinski definition) is 3. The van der Waals surface area contributed by atoms with Gasteiger partial charge in [-0.25, -0.2) is 0 Å². The molecule has 3 unspecified atom stereocenters. The minimum atomic E-state index is -0.811. The molecule has 2 rings (SSSR count). The van der Waals surface area contributed by atoms with Crippen molar-refractivity contribution < 1.29 is 19.5 Å². The van der Waals surface area contributed by atoms with Gasteiger partial charge < -0.3 is 15.3 Å². The van der Waals surface area contributed by atoms with Crippen LogP contribution < -0.4 is 5.32 Å². The summed E-state index contributed by atoms with van der Waals surface area (Å²) in [5, 5.41) is 12.1. The lowest BCUT2D eigenvalue weighted by molar-refractivity contribution is -0.149. The van der Waals surface area contributed by atoms with Gasteiger partial charge in [0.2, 0.25) is 11.8 Å². The van der Waals surface area contributed by atoms with Gasteiger partial charge in [0, 0.05) is 19.5 Å². The van der Waals surface area contributed by atoms with Crippen LogP contribution in [0.4, 0.5) is 0 Å². The van der Waals surface area contributed by atoms with Crippen LogP contribution in [0.2, 0.25) is 0 Å². The third-order valence-electron chi connectivity index (χ3n) is 4.81. The highest BCUT2D eigenvalue weighted by atomic mass is 16.4. The van der Waals surface area contributed by atoms with Crippen molar-refractivity contribution in [3.05, 3.63) is 35.9 Å². The molecule has 6 nitrogen and oxygen atoms in total. The Morgan fingerprint density at radius 2 is 1.88 bits per heavy atom. The molecule has 0 aliphatic carbocycles. The maximum absolute atomic E-state index is 13.1. The minimum absolute atomic E-state index is 0.118. The van der Waals surface area contributed by atoms with E-state index in [1.807, 2.05) is 51.1 Å². The van der Waals surface area contributed by atoms with Crippen LogP contribution >= 0.6 is 0 Å². The molecule has 0 aromatic heterocycles. The smallest absolute Gasteiger partial charge is 0.306 e. The van der Waals surface area contributed by atoms with Gasteiger partial charge >= 0.3 is 5.97 Å². The third kappa shape index (κ3) is 5.07. The van der Waals surface area contributed by atoms with Gasteiger partial charge in [0.1, 0.15) is 6.04 Å². The summed E-state index contributed by atoms with van der Waals surface area (Å²) in [6, 6.07) is 8.45. The number of nitrogens with zero attached hydrogens (tertiary/aromatic N) is 1. The fourth-order valence-corrected chi connectivity index (χ4v) is 3.42. The summed E-state index contributed by atoms with van der Waals surface area (Å²) in [7, 11) is 0. The van der Waals surface area contributed by atoms with Crippen molar-refractivity contribution in [2.45, 2.75) is 39.7 Å². The number of carboxylic acids is 1. The lowest BCUT2D eigenvalue weighted by atomic mass is 9.86. The van der Waals surface area contributed by atoms with Crippen molar-refractivity contribution in [2.24, 2.45) is 17.8 Å². The van der Waals surface area contributed by atoms with Crippen LogP contribution in [-0.2, 0) is 14.4 Å². The van der Waals surface area contributed by atoms with Crippen LogP contribution in [0.5, 0.6) is 0 Å². The molecule has 1 aromatic rings. The predicted octanol–water partition coefficient (Wildman–Crippen LogP) is 2.46. The van der Waals surface area contributed by atoms with E-state index in [-0.39, 0.29) is 23.7 Å². The lowest BCUT2D eigenvalue weighted by Crippen LogP contribution is -2.49. The van der Waals surface area contributed by atoms with E-state index in [2.05, 4.69) is 5.32 Å². The molecule has 1 fully saturated rings. The Labute approximate surface area is 154 Å². The third-order valence-corrected chi connectivity index (χ3v) is 4.81. The zero-order valence-corrected chi connectivity index (χ0v) is 15.6. The molecule has 142 valence electrons. The van der Waals surface area contributed by atoms with Crippen molar-refractivity contribution in [2.75, 3.05) is 13.1 Å². The Bertz CT molecular complexity index is 644. The minimum Gasteiger partial charge on any atom is -0.481 e. The number of hydrogen-bond donors (Lipinski definition) is 2. The van der Waals surface area contributed by atoms with E-state index >= 15 is 0 Å². The van der Waals surface area contributed by atoms with Gasteiger partial charge in [-0.1, -0.05) is 51.1 Å². The highest BCUT2D eigenvalue weighted by Crippen LogP contribution is 2.26. The van der Waals surface area contributed by atoms with Crippen molar-refractivity contribution in [1.82, 2.24) is 10.2 Å². The fourth-order valence-electron chi connectivity index (χ4n) is 3.42. The van der Waals surface area contributed by atoms with Gasteiger partial charge in [0.15, 0.2) is 0 Å². The standard InChI is InChI=1S/C20H28N2O4/c1-13(2)11-17(23)21-18(15-7-5-4-6-8-15)19(24)22-10-9-16(20(25)26)14(3)12-22/h4-8,13-14,16,18H,9-12H2,1-3H3,(H,21,23)(H,25,26). The normalized spacial score (nSPS) is 21.3. The van der Waals surface area contributed by atoms with Crippen LogP contribution in [0.1, 0.15) is 45.2 Å². The van der Waals surface area contributed by atoms with E-state index in [1.54, 1.807) is 4.90 Å². The monoisotopic (exact) mass is 360 g/mol. The summed E-state index contributed by atoms with van der Waals surface area (Å²) in [6.45, 7) is 6.55. The zero-order valence-electron chi connectivity index (χ0n) is 15.6. The molecule has 0 saturated carbocycles. The number of carboxylic acid groups (broad SMARTS) is 1. The molecule has 0 radical (unpaired) electrons. The second-order valence-electron chi connectivity index (χ2n) is 7.50. The Hall–Kier alpha value is -2.37. The van der Waals surface area contributed by atoms with E-state index in [4.69, 9.17) is 0 Å². The molecular formula is C20H28N2O4. The van der Waals surface area contributed by atoms with Gasteiger partial charge in [-0.15, -0.1) is 0 Å².